The van der Waals surface area contributed by atoms with Crippen LogP contribution in [-0.4, -0.2) is 34.1 Å². The Morgan fingerprint density at radius 3 is 2.40 bits per heavy atom. The first-order valence-corrected chi connectivity index (χ1v) is 5.51. The number of hydrogen-bond acceptors (Lipinski definition) is 3. The zero-order valence-corrected chi connectivity index (χ0v) is 10.1. The van der Waals surface area contributed by atoms with Gasteiger partial charge < -0.3 is 15.5 Å². The molecular weight excluding hydrogens is 276 g/mol. The average molecular weight is 287 g/mol. The highest BCUT2D eigenvalue weighted by Crippen LogP contribution is 2.10. The lowest BCUT2D eigenvalue weighted by Gasteiger charge is -2.13. The maximum Gasteiger partial charge on any atom is 0.326 e. The monoisotopic (exact) mass is 287 g/mol. The molecule has 0 saturated carbocycles. The molecular formula is C12H11F2NO5. The van der Waals surface area contributed by atoms with Crippen molar-refractivity contribution in [3.05, 3.63) is 35.4 Å². The molecule has 0 saturated heterocycles. The van der Waals surface area contributed by atoms with Crippen molar-refractivity contribution in [3.63, 3.8) is 0 Å². The van der Waals surface area contributed by atoms with Crippen molar-refractivity contribution < 1.29 is 33.4 Å². The zero-order chi connectivity index (χ0) is 15.3. The van der Waals surface area contributed by atoms with Crippen LogP contribution >= 0.6 is 0 Å². The Balaban J connectivity index is 2.82. The molecule has 1 aromatic rings. The van der Waals surface area contributed by atoms with Crippen LogP contribution in [0.25, 0.3) is 0 Å². The van der Waals surface area contributed by atoms with Crippen molar-refractivity contribution in [2.24, 2.45) is 0 Å². The van der Waals surface area contributed by atoms with Gasteiger partial charge in [-0.2, -0.15) is 0 Å². The molecule has 1 aromatic carbocycles. The summed E-state index contributed by atoms with van der Waals surface area (Å²) in [6.07, 6.45) is -0.851. The highest BCUT2D eigenvalue weighted by molar-refractivity contribution is 5.96. The molecule has 108 valence electrons. The van der Waals surface area contributed by atoms with Crippen LogP contribution in [0, 0.1) is 11.6 Å². The highest BCUT2D eigenvalue weighted by Gasteiger charge is 2.23. The van der Waals surface area contributed by atoms with Gasteiger partial charge in [0.2, 0.25) is 0 Å². The van der Waals surface area contributed by atoms with E-state index in [1.165, 1.54) is 0 Å². The number of benzene rings is 1. The van der Waals surface area contributed by atoms with E-state index < -0.39 is 47.5 Å². The average Bonchev–Trinajstić information content (AvgIpc) is 2.36. The Bertz CT molecular complexity index is 547. The van der Waals surface area contributed by atoms with Gasteiger partial charge in [0.1, 0.15) is 17.7 Å². The molecule has 0 unspecified atom stereocenters. The summed E-state index contributed by atoms with van der Waals surface area (Å²) in [7, 11) is 0. The molecule has 0 aromatic heterocycles. The fourth-order valence-corrected chi connectivity index (χ4v) is 1.43. The quantitative estimate of drug-likeness (QED) is 0.724. The Labute approximate surface area is 112 Å². The number of hydrogen-bond donors (Lipinski definition) is 3. The van der Waals surface area contributed by atoms with E-state index in [0.717, 1.165) is 12.1 Å². The molecule has 0 bridgehead atoms. The minimum absolute atomic E-state index is 0.368. The van der Waals surface area contributed by atoms with Gasteiger partial charge in [-0.25, -0.2) is 13.6 Å². The van der Waals surface area contributed by atoms with Crippen LogP contribution < -0.4 is 5.32 Å². The molecule has 0 aliphatic rings. The first kappa shape index (κ1) is 15.5. The molecule has 0 aliphatic heterocycles. The van der Waals surface area contributed by atoms with Crippen molar-refractivity contribution in [1.29, 1.82) is 0 Å². The number of carbonyl (C=O) groups excluding carboxylic acids is 1. The number of amides is 1. The van der Waals surface area contributed by atoms with Gasteiger partial charge in [-0.1, -0.05) is 0 Å². The molecule has 6 nitrogen and oxygen atoms in total. The molecule has 0 fully saturated rings. The van der Waals surface area contributed by atoms with Crippen LogP contribution in [0.2, 0.25) is 0 Å². The molecule has 1 rings (SSSR count). The maximum absolute atomic E-state index is 13.3. The number of carbonyl (C=O) groups is 3. The van der Waals surface area contributed by atoms with Crippen molar-refractivity contribution in [1.82, 2.24) is 5.32 Å². The smallest absolute Gasteiger partial charge is 0.326 e. The van der Waals surface area contributed by atoms with Crippen molar-refractivity contribution >= 4 is 17.8 Å². The lowest BCUT2D eigenvalue weighted by atomic mass is 10.1. The van der Waals surface area contributed by atoms with Gasteiger partial charge >= 0.3 is 11.9 Å². The van der Waals surface area contributed by atoms with Crippen LogP contribution in [-0.2, 0) is 9.59 Å². The van der Waals surface area contributed by atoms with Crippen LogP contribution in [0.3, 0.4) is 0 Å². The van der Waals surface area contributed by atoms with Crippen molar-refractivity contribution in [3.8, 4) is 0 Å². The number of halogens is 2. The van der Waals surface area contributed by atoms with Crippen LogP contribution in [0.5, 0.6) is 0 Å². The lowest BCUT2D eigenvalue weighted by Crippen LogP contribution is -2.41. The number of carboxylic acids is 2. The molecule has 0 radical (unpaired) electrons. The van der Waals surface area contributed by atoms with Crippen molar-refractivity contribution in [2.75, 3.05) is 0 Å². The van der Waals surface area contributed by atoms with E-state index in [-0.39, 0.29) is 6.42 Å². The molecule has 0 heterocycles. The third-order valence-corrected chi connectivity index (χ3v) is 2.42. The topological polar surface area (TPSA) is 104 Å². The first-order chi connectivity index (χ1) is 9.31. The molecule has 0 aliphatic carbocycles. The third kappa shape index (κ3) is 4.30. The molecule has 0 spiro atoms. The molecule has 20 heavy (non-hydrogen) atoms. The highest BCUT2D eigenvalue weighted by atomic mass is 19.1. The van der Waals surface area contributed by atoms with Gasteiger partial charge in [0, 0.05) is 6.42 Å². The molecule has 1 amide bonds. The van der Waals surface area contributed by atoms with Gasteiger partial charge in [-0.3, -0.25) is 9.59 Å². The van der Waals surface area contributed by atoms with Crippen LogP contribution in [0.4, 0.5) is 8.78 Å². The van der Waals surface area contributed by atoms with E-state index in [0.29, 0.717) is 6.07 Å². The summed E-state index contributed by atoms with van der Waals surface area (Å²) in [6.45, 7) is 0. The van der Waals surface area contributed by atoms with Gasteiger partial charge in [0.25, 0.3) is 5.91 Å². The van der Waals surface area contributed by atoms with Gasteiger partial charge in [-0.05, 0) is 24.6 Å². The fourth-order valence-electron chi connectivity index (χ4n) is 1.43. The van der Waals surface area contributed by atoms with E-state index in [1.807, 2.05) is 5.32 Å². The Morgan fingerprint density at radius 2 is 1.85 bits per heavy atom. The van der Waals surface area contributed by atoms with Gasteiger partial charge in [0.05, 0.1) is 5.56 Å². The summed E-state index contributed by atoms with van der Waals surface area (Å²) in [5.74, 6) is -5.68. The van der Waals surface area contributed by atoms with Crippen LogP contribution in [0.1, 0.15) is 23.2 Å². The lowest BCUT2D eigenvalue weighted by molar-refractivity contribution is -0.140. The first-order valence-electron chi connectivity index (χ1n) is 5.51. The van der Waals surface area contributed by atoms with E-state index in [9.17, 15) is 23.2 Å². The largest absolute Gasteiger partial charge is 0.481 e. The van der Waals surface area contributed by atoms with Crippen LogP contribution in [0.15, 0.2) is 18.2 Å². The normalized spacial score (nSPS) is 11.7. The number of aliphatic carboxylic acids is 2. The van der Waals surface area contributed by atoms with Gasteiger partial charge in [0.15, 0.2) is 0 Å². The Hall–Kier alpha value is -2.51. The summed E-state index contributed by atoms with van der Waals surface area (Å²) in [5, 5.41) is 19.2. The number of nitrogens with one attached hydrogen (secondary N) is 1. The van der Waals surface area contributed by atoms with E-state index in [2.05, 4.69) is 0 Å². The zero-order valence-electron chi connectivity index (χ0n) is 10.1. The second-order valence-electron chi connectivity index (χ2n) is 3.92. The predicted octanol–water partition coefficient (Wildman–Crippen LogP) is 1.01. The van der Waals surface area contributed by atoms with Crippen molar-refractivity contribution in [2.45, 2.75) is 18.9 Å². The summed E-state index contributed by atoms with van der Waals surface area (Å²) < 4.78 is 26.2. The summed E-state index contributed by atoms with van der Waals surface area (Å²) in [6, 6.07) is 0.671. The summed E-state index contributed by atoms with van der Waals surface area (Å²) in [4.78, 5) is 32.9. The summed E-state index contributed by atoms with van der Waals surface area (Å²) >= 11 is 0. The number of carboxylic acid groups (broad SMARTS) is 2. The summed E-state index contributed by atoms with van der Waals surface area (Å²) in [5.41, 5.74) is -0.647. The van der Waals surface area contributed by atoms with E-state index in [1.54, 1.807) is 0 Å². The number of rotatable bonds is 6. The minimum atomic E-state index is -1.50. The minimum Gasteiger partial charge on any atom is -0.481 e. The molecule has 3 N–H and O–H groups in total. The second-order valence-corrected chi connectivity index (χ2v) is 3.92. The fraction of sp³-hybridized carbons (Fsp3) is 0.250. The Morgan fingerprint density at radius 1 is 1.20 bits per heavy atom. The predicted molar refractivity (Wildman–Crippen MR) is 62.1 cm³/mol. The second kappa shape index (κ2) is 6.60. The SMILES string of the molecule is O=C(O)CC[C@H](NC(=O)c1cc(F)ccc1F)C(=O)O. The maximum atomic E-state index is 13.3. The van der Waals surface area contributed by atoms with Gasteiger partial charge in [-0.15, -0.1) is 0 Å². The molecule has 8 heteroatoms. The molecule has 1 atom stereocenters. The third-order valence-electron chi connectivity index (χ3n) is 2.42. The Kier molecular flexibility index (Phi) is 5.13. The van der Waals surface area contributed by atoms with E-state index in [4.69, 9.17) is 10.2 Å². The van der Waals surface area contributed by atoms with E-state index >= 15 is 0 Å². The standard InChI is InChI=1S/C12H11F2NO5/c13-6-1-2-8(14)7(5-6)11(18)15-9(12(19)20)3-4-10(16)17/h1-2,5,9H,3-4H2,(H,15,18)(H,16,17)(H,19,20)/t9-/m0/s1.